The Bertz CT molecular complexity index is 348. The molecule has 96 valence electrons. The topological polar surface area (TPSA) is 141 Å². The van der Waals surface area contributed by atoms with Gasteiger partial charge in [-0.2, -0.15) is 0 Å². The predicted octanol–water partition coefficient (Wildman–Crippen LogP) is -0.859. The van der Waals surface area contributed by atoms with Crippen molar-refractivity contribution in [2.45, 2.75) is 25.8 Å². The number of rotatable bonds is 6. The fourth-order valence-electron chi connectivity index (χ4n) is 1.27. The molecule has 4 N–H and O–H groups in total. The molecular formula is C9H13NO7. The highest BCUT2D eigenvalue weighted by molar-refractivity contribution is 6.06. The zero-order valence-corrected chi connectivity index (χ0v) is 9.26. The van der Waals surface area contributed by atoms with E-state index in [0.717, 1.165) is 13.8 Å². The summed E-state index contributed by atoms with van der Waals surface area (Å²) in [6.07, 6.45) is -0.743. The van der Waals surface area contributed by atoms with Crippen molar-refractivity contribution in [2.75, 3.05) is 0 Å². The average molecular weight is 247 g/mol. The van der Waals surface area contributed by atoms with Gasteiger partial charge in [-0.15, -0.1) is 0 Å². The van der Waals surface area contributed by atoms with Gasteiger partial charge < -0.3 is 20.6 Å². The van der Waals surface area contributed by atoms with E-state index in [0.29, 0.717) is 0 Å². The van der Waals surface area contributed by atoms with Crippen LogP contribution in [-0.2, 0) is 19.2 Å². The summed E-state index contributed by atoms with van der Waals surface area (Å²) in [7, 11) is 0. The van der Waals surface area contributed by atoms with Crippen LogP contribution < -0.4 is 5.32 Å². The zero-order valence-electron chi connectivity index (χ0n) is 9.26. The summed E-state index contributed by atoms with van der Waals surface area (Å²) in [5.74, 6) is -7.06. The van der Waals surface area contributed by atoms with Gasteiger partial charge in [-0.05, 0) is 0 Å². The van der Waals surface area contributed by atoms with Crippen LogP contribution in [-0.4, -0.2) is 44.7 Å². The molecule has 0 aromatic rings. The van der Waals surface area contributed by atoms with Crippen LogP contribution >= 0.6 is 0 Å². The van der Waals surface area contributed by atoms with Crippen LogP contribution in [0.15, 0.2) is 0 Å². The van der Waals surface area contributed by atoms with Crippen LogP contribution in [0.3, 0.4) is 0 Å². The van der Waals surface area contributed by atoms with E-state index in [1.807, 2.05) is 0 Å². The van der Waals surface area contributed by atoms with Crippen molar-refractivity contribution in [1.29, 1.82) is 0 Å². The molecule has 0 heterocycles. The molecular weight excluding hydrogens is 234 g/mol. The lowest BCUT2D eigenvalue weighted by Crippen LogP contribution is -2.60. The van der Waals surface area contributed by atoms with Gasteiger partial charge in [0.25, 0.3) is 0 Å². The molecule has 1 amide bonds. The van der Waals surface area contributed by atoms with Crippen molar-refractivity contribution in [3.63, 3.8) is 0 Å². The minimum atomic E-state index is -2.62. The first-order chi connectivity index (χ1) is 7.63. The lowest BCUT2D eigenvalue weighted by Gasteiger charge is -2.26. The van der Waals surface area contributed by atoms with Crippen LogP contribution in [0, 0.1) is 5.92 Å². The maximum Gasteiger partial charge on any atom is 0.341 e. The highest BCUT2D eigenvalue weighted by Gasteiger charge is 2.49. The van der Waals surface area contributed by atoms with E-state index >= 15 is 0 Å². The van der Waals surface area contributed by atoms with Gasteiger partial charge in [0, 0.05) is 13.3 Å². The van der Waals surface area contributed by atoms with Gasteiger partial charge in [-0.3, -0.25) is 9.59 Å². The Morgan fingerprint density at radius 3 is 1.76 bits per heavy atom. The van der Waals surface area contributed by atoms with Crippen molar-refractivity contribution < 1.29 is 34.5 Å². The molecule has 0 saturated carbocycles. The number of carboxylic acids is 3. The van der Waals surface area contributed by atoms with E-state index < -0.39 is 41.7 Å². The smallest absolute Gasteiger partial charge is 0.341 e. The monoisotopic (exact) mass is 247 g/mol. The summed E-state index contributed by atoms with van der Waals surface area (Å²) in [5.41, 5.74) is -2.62. The second kappa shape index (κ2) is 5.28. The van der Waals surface area contributed by atoms with Crippen LogP contribution in [0.2, 0.25) is 0 Å². The number of aliphatic carboxylic acids is 3. The Morgan fingerprint density at radius 2 is 1.53 bits per heavy atom. The predicted molar refractivity (Wildman–Crippen MR) is 53.2 cm³/mol. The number of carbonyl (C=O) groups excluding carboxylic acids is 1. The molecule has 0 spiro atoms. The third-order valence-corrected chi connectivity index (χ3v) is 2.15. The first-order valence-corrected chi connectivity index (χ1v) is 4.62. The Kier molecular flexibility index (Phi) is 4.62. The molecule has 8 nitrogen and oxygen atoms in total. The molecule has 0 aromatic heterocycles. The minimum Gasteiger partial charge on any atom is -0.481 e. The molecule has 0 aliphatic heterocycles. The Morgan fingerprint density at radius 1 is 1.12 bits per heavy atom. The van der Waals surface area contributed by atoms with Crippen LogP contribution in [0.1, 0.15) is 20.3 Å². The Labute approximate surface area is 96.2 Å². The first-order valence-electron chi connectivity index (χ1n) is 4.62. The maximum atomic E-state index is 11.0. The number of hydrogen-bond donors (Lipinski definition) is 4. The molecule has 1 atom stereocenters. The standard InChI is InChI=1S/C9H13NO7/c1-4(6(12)13)3-9(7(14)15,8(16)17)10-5(2)11/h4H,3H2,1-2H3,(H,10,11)(H,12,13)(H,14,15)(H,16,17). The highest BCUT2D eigenvalue weighted by atomic mass is 16.4. The van der Waals surface area contributed by atoms with Crippen LogP contribution in [0.25, 0.3) is 0 Å². The molecule has 8 heteroatoms. The third kappa shape index (κ3) is 3.44. The summed E-state index contributed by atoms with van der Waals surface area (Å²) in [4.78, 5) is 43.4. The number of amides is 1. The fraction of sp³-hybridized carbons (Fsp3) is 0.556. The van der Waals surface area contributed by atoms with E-state index in [-0.39, 0.29) is 0 Å². The molecule has 0 aliphatic rings. The molecule has 0 saturated heterocycles. The van der Waals surface area contributed by atoms with Gasteiger partial charge in [-0.25, -0.2) is 9.59 Å². The van der Waals surface area contributed by atoms with Crippen molar-refractivity contribution in [2.24, 2.45) is 5.92 Å². The van der Waals surface area contributed by atoms with Crippen molar-refractivity contribution in [3.05, 3.63) is 0 Å². The molecule has 17 heavy (non-hydrogen) atoms. The minimum absolute atomic E-state index is 0.743. The van der Waals surface area contributed by atoms with E-state index in [2.05, 4.69) is 0 Å². The molecule has 0 rings (SSSR count). The number of hydrogen-bond acceptors (Lipinski definition) is 4. The zero-order chi connectivity index (χ0) is 13.8. The molecule has 0 bridgehead atoms. The van der Waals surface area contributed by atoms with E-state index in [1.165, 1.54) is 0 Å². The normalized spacial score (nSPS) is 12.6. The summed E-state index contributed by atoms with van der Waals surface area (Å²) >= 11 is 0. The SMILES string of the molecule is CC(=O)NC(CC(C)C(=O)O)(C(=O)O)C(=O)O. The van der Waals surface area contributed by atoms with Crippen LogP contribution in [0.5, 0.6) is 0 Å². The first kappa shape index (κ1) is 14.9. The average Bonchev–Trinajstić information content (AvgIpc) is 2.14. The van der Waals surface area contributed by atoms with Crippen LogP contribution in [0.4, 0.5) is 0 Å². The fourth-order valence-corrected chi connectivity index (χ4v) is 1.27. The number of carbonyl (C=O) groups is 4. The third-order valence-electron chi connectivity index (χ3n) is 2.15. The summed E-state index contributed by atoms with van der Waals surface area (Å²) in [6, 6.07) is 0. The van der Waals surface area contributed by atoms with Crippen molar-refractivity contribution >= 4 is 23.8 Å². The van der Waals surface area contributed by atoms with Crippen molar-refractivity contribution in [3.8, 4) is 0 Å². The van der Waals surface area contributed by atoms with Crippen molar-refractivity contribution in [1.82, 2.24) is 5.32 Å². The van der Waals surface area contributed by atoms with Gasteiger partial charge >= 0.3 is 17.9 Å². The van der Waals surface area contributed by atoms with E-state index in [9.17, 15) is 19.2 Å². The van der Waals surface area contributed by atoms with E-state index in [1.54, 1.807) is 5.32 Å². The largest absolute Gasteiger partial charge is 0.481 e. The second-order valence-corrected chi connectivity index (χ2v) is 3.64. The van der Waals surface area contributed by atoms with Gasteiger partial charge in [0.05, 0.1) is 5.92 Å². The summed E-state index contributed by atoms with van der Waals surface area (Å²) in [6.45, 7) is 2.11. The molecule has 1 unspecified atom stereocenters. The lowest BCUT2D eigenvalue weighted by molar-refractivity contribution is -0.163. The van der Waals surface area contributed by atoms with E-state index in [4.69, 9.17) is 15.3 Å². The molecule has 0 aromatic carbocycles. The Balaban J connectivity index is 5.33. The molecule has 0 aliphatic carbocycles. The summed E-state index contributed by atoms with van der Waals surface area (Å²) < 4.78 is 0. The number of carboxylic acid groups (broad SMARTS) is 3. The van der Waals surface area contributed by atoms with Gasteiger partial charge in [0.15, 0.2) is 0 Å². The molecule has 0 fully saturated rings. The maximum absolute atomic E-state index is 11.0. The Hall–Kier alpha value is -2.12. The second-order valence-electron chi connectivity index (χ2n) is 3.64. The van der Waals surface area contributed by atoms with Gasteiger partial charge in [-0.1, -0.05) is 6.92 Å². The number of nitrogens with one attached hydrogen (secondary N) is 1. The highest BCUT2D eigenvalue weighted by Crippen LogP contribution is 2.19. The molecule has 0 radical (unpaired) electrons. The summed E-state index contributed by atoms with van der Waals surface area (Å²) in [5, 5.41) is 28.2. The quantitative estimate of drug-likeness (QED) is 0.447. The van der Waals surface area contributed by atoms with Gasteiger partial charge in [0.2, 0.25) is 11.4 Å². The van der Waals surface area contributed by atoms with Gasteiger partial charge in [0.1, 0.15) is 0 Å². The lowest BCUT2D eigenvalue weighted by atomic mass is 9.88.